The van der Waals surface area contributed by atoms with Gasteiger partial charge in [-0.3, -0.25) is 9.69 Å². The van der Waals surface area contributed by atoms with E-state index in [4.69, 9.17) is 4.52 Å². The minimum atomic E-state index is -3.65. The molecule has 1 atom stereocenters. The number of rotatable bonds is 6. The molecule has 0 saturated carbocycles. The lowest BCUT2D eigenvalue weighted by molar-refractivity contribution is 0.101. The predicted molar refractivity (Wildman–Crippen MR) is 120 cm³/mol. The Bertz CT molecular complexity index is 1270. The number of hydrogen-bond acceptors (Lipinski definition) is 7. The number of carbonyl (C=O) groups is 1. The summed E-state index contributed by atoms with van der Waals surface area (Å²) in [5.74, 6) is 0.256. The van der Waals surface area contributed by atoms with Crippen LogP contribution >= 0.6 is 0 Å². The van der Waals surface area contributed by atoms with E-state index in [-0.39, 0.29) is 22.5 Å². The molecule has 1 fully saturated rings. The van der Waals surface area contributed by atoms with Crippen LogP contribution in [0, 0.1) is 12.7 Å². The van der Waals surface area contributed by atoms with Crippen molar-refractivity contribution in [2.45, 2.75) is 31.7 Å². The first-order chi connectivity index (χ1) is 15.7. The number of carbonyl (C=O) groups excluding carboxylic acids is 1. The van der Waals surface area contributed by atoms with E-state index in [9.17, 15) is 17.6 Å². The Labute approximate surface area is 192 Å². The molecular formula is C23H25FN4O4S. The van der Waals surface area contributed by atoms with Crippen molar-refractivity contribution < 1.29 is 22.1 Å². The third-order valence-corrected chi connectivity index (χ3v) is 7.86. The van der Waals surface area contributed by atoms with Gasteiger partial charge in [0.05, 0.1) is 10.9 Å². The van der Waals surface area contributed by atoms with E-state index < -0.39 is 10.0 Å². The first kappa shape index (κ1) is 23.2. The summed E-state index contributed by atoms with van der Waals surface area (Å²) in [5, 5.41) is 3.98. The van der Waals surface area contributed by atoms with Crippen molar-refractivity contribution >= 4 is 15.8 Å². The first-order valence-electron chi connectivity index (χ1n) is 10.6. The van der Waals surface area contributed by atoms with Gasteiger partial charge in [0.15, 0.2) is 5.78 Å². The molecule has 3 aromatic rings. The van der Waals surface area contributed by atoms with Crippen LogP contribution in [0.5, 0.6) is 0 Å². The number of aromatic nitrogens is 2. The minimum absolute atomic E-state index is 0.113. The molecule has 1 saturated heterocycles. The van der Waals surface area contributed by atoms with Gasteiger partial charge in [0.1, 0.15) is 5.82 Å². The average Bonchev–Trinajstić information content (AvgIpc) is 3.31. The number of ketones is 1. The number of halogens is 1. The molecule has 174 valence electrons. The fourth-order valence-electron chi connectivity index (χ4n) is 3.75. The third-order valence-electron chi connectivity index (χ3n) is 5.95. The molecule has 1 aliphatic rings. The number of hydrogen-bond donors (Lipinski definition) is 0. The standard InChI is InChI=1S/C23H25FN4O4S/c1-15-4-5-19(14-21(15)24)22-25-23(32-26-22)16(2)27-10-12-28(13-11-27)33(30,31)20-8-6-18(7-9-20)17(3)29/h4-9,14,16H,10-13H2,1-3H3. The van der Waals surface area contributed by atoms with Crippen molar-refractivity contribution in [1.82, 2.24) is 19.3 Å². The van der Waals surface area contributed by atoms with E-state index in [0.717, 1.165) is 0 Å². The van der Waals surface area contributed by atoms with Crippen molar-refractivity contribution in [3.63, 3.8) is 0 Å². The molecule has 0 N–H and O–H groups in total. The monoisotopic (exact) mass is 472 g/mol. The Balaban J connectivity index is 1.42. The largest absolute Gasteiger partial charge is 0.337 e. The van der Waals surface area contributed by atoms with E-state index in [1.54, 1.807) is 19.1 Å². The van der Waals surface area contributed by atoms with Gasteiger partial charge in [-0.2, -0.15) is 9.29 Å². The van der Waals surface area contributed by atoms with Crippen molar-refractivity contribution in [1.29, 1.82) is 0 Å². The molecule has 1 aliphatic heterocycles. The molecule has 1 aromatic heterocycles. The molecule has 0 amide bonds. The number of Topliss-reactive ketones (excluding diaryl/α,β-unsaturated/α-hetero) is 1. The Morgan fingerprint density at radius 3 is 2.36 bits per heavy atom. The normalized spacial score (nSPS) is 16.6. The summed E-state index contributed by atoms with van der Waals surface area (Å²) >= 11 is 0. The van der Waals surface area contributed by atoms with Gasteiger partial charge in [0.25, 0.3) is 0 Å². The van der Waals surface area contributed by atoms with Crippen molar-refractivity contribution in [3.05, 3.63) is 65.3 Å². The average molecular weight is 473 g/mol. The number of piperazine rings is 1. The second-order valence-electron chi connectivity index (χ2n) is 8.12. The van der Waals surface area contributed by atoms with Crippen LogP contribution in [0.3, 0.4) is 0 Å². The lowest BCUT2D eigenvalue weighted by atomic mass is 10.1. The van der Waals surface area contributed by atoms with Gasteiger partial charge in [0, 0.05) is 37.3 Å². The second-order valence-corrected chi connectivity index (χ2v) is 10.1. The van der Waals surface area contributed by atoms with Crippen LogP contribution in [0.1, 0.15) is 41.7 Å². The van der Waals surface area contributed by atoms with Crippen molar-refractivity contribution in [2.24, 2.45) is 0 Å². The SMILES string of the molecule is CC(=O)c1ccc(S(=O)(=O)N2CCN(C(C)c3nc(-c4ccc(C)c(F)c4)no3)CC2)cc1. The summed E-state index contributed by atoms with van der Waals surface area (Å²) in [7, 11) is -3.65. The zero-order valence-corrected chi connectivity index (χ0v) is 19.5. The van der Waals surface area contributed by atoms with E-state index in [1.165, 1.54) is 41.6 Å². The summed E-state index contributed by atoms with van der Waals surface area (Å²) in [4.78, 5) is 18.1. The minimum Gasteiger partial charge on any atom is -0.337 e. The highest BCUT2D eigenvalue weighted by molar-refractivity contribution is 7.89. The van der Waals surface area contributed by atoms with Crippen molar-refractivity contribution in [2.75, 3.05) is 26.2 Å². The number of sulfonamides is 1. The molecule has 4 rings (SSSR count). The van der Waals surface area contributed by atoms with Crippen LogP contribution in [-0.2, 0) is 10.0 Å². The molecule has 2 heterocycles. The molecule has 8 nitrogen and oxygen atoms in total. The molecule has 0 aliphatic carbocycles. The maximum absolute atomic E-state index is 13.9. The smallest absolute Gasteiger partial charge is 0.244 e. The summed E-state index contributed by atoms with van der Waals surface area (Å²) in [6.45, 7) is 6.64. The van der Waals surface area contributed by atoms with Gasteiger partial charge in [0.2, 0.25) is 21.7 Å². The van der Waals surface area contributed by atoms with Gasteiger partial charge in [-0.1, -0.05) is 29.4 Å². The zero-order chi connectivity index (χ0) is 23.8. The molecule has 0 spiro atoms. The number of aryl methyl sites for hydroxylation is 1. The highest BCUT2D eigenvalue weighted by atomic mass is 32.2. The second kappa shape index (κ2) is 9.12. The zero-order valence-electron chi connectivity index (χ0n) is 18.7. The Kier molecular flexibility index (Phi) is 6.42. The van der Waals surface area contributed by atoms with Crippen LogP contribution in [0.15, 0.2) is 51.9 Å². The maximum atomic E-state index is 13.9. The van der Waals surface area contributed by atoms with Gasteiger partial charge < -0.3 is 4.52 Å². The molecule has 1 unspecified atom stereocenters. The molecule has 10 heteroatoms. The summed E-state index contributed by atoms with van der Waals surface area (Å²) in [5.41, 5.74) is 1.55. The molecular weight excluding hydrogens is 447 g/mol. The van der Waals surface area contributed by atoms with Crippen LogP contribution in [0.2, 0.25) is 0 Å². The quantitative estimate of drug-likeness (QED) is 0.507. The Hall–Kier alpha value is -2.95. The van der Waals surface area contributed by atoms with Crippen LogP contribution in [-0.4, -0.2) is 59.7 Å². The first-order valence-corrected chi connectivity index (χ1v) is 12.1. The van der Waals surface area contributed by atoms with E-state index in [0.29, 0.717) is 54.6 Å². The third kappa shape index (κ3) is 4.73. The van der Waals surface area contributed by atoms with Crippen LogP contribution in [0.4, 0.5) is 4.39 Å². The Morgan fingerprint density at radius 2 is 1.76 bits per heavy atom. The maximum Gasteiger partial charge on any atom is 0.244 e. The summed E-state index contributed by atoms with van der Waals surface area (Å²) in [6, 6.07) is 10.6. The molecule has 2 aromatic carbocycles. The highest BCUT2D eigenvalue weighted by Gasteiger charge is 2.32. The highest BCUT2D eigenvalue weighted by Crippen LogP contribution is 2.26. The lowest BCUT2D eigenvalue weighted by Crippen LogP contribution is -2.49. The number of benzene rings is 2. The van der Waals surface area contributed by atoms with Crippen LogP contribution in [0.25, 0.3) is 11.4 Å². The fraction of sp³-hybridized carbons (Fsp3) is 0.348. The van der Waals surface area contributed by atoms with E-state index in [1.807, 2.05) is 6.92 Å². The van der Waals surface area contributed by atoms with Gasteiger partial charge in [-0.05, 0) is 44.5 Å². The molecule has 0 radical (unpaired) electrons. The summed E-state index contributed by atoms with van der Waals surface area (Å²) in [6.07, 6.45) is 0. The lowest BCUT2D eigenvalue weighted by Gasteiger charge is -2.36. The van der Waals surface area contributed by atoms with Crippen LogP contribution < -0.4 is 0 Å². The Morgan fingerprint density at radius 1 is 1.09 bits per heavy atom. The van der Waals surface area contributed by atoms with Gasteiger partial charge >= 0.3 is 0 Å². The van der Waals surface area contributed by atoms with E-state index >= 15 is 0 Å². The van der Waals surface area contributed by atoms with Crippen molar-refractivity contribution in [3.8, 4) is 11.4 Å². The van der Waals surface area contributed by atoms with Gasteiger partial charge in [-0.15, -0.1) is 0 Å². The topological polar surface area (TPSA) is 96.6 Å². The molecule has 33 heavy (non-hydrogen) atoms. The predicted octanol–water partition coefficient (Wildman–Crippen LogP) is 3.45. The fourth-order valence-corrected chi connectivity index (χ4v) is 5.17. The molecule has 0 bridgehead atoms. The number of nitrogens with zero attached hydrogens (tertiary/aromatic N) is 4. The van der Waals surface area contributed by atoms with Gasteiger partial charge in [-0.25, -0.2) is 12.8 Å². The van der Waals surface area contributed by atoms with E-state index in [2.05, 4.69) is 15.0 Å². The summed E-state index contributed by atoms with van der Waals surface area (Å²) < 4.78 is 46.7.